The zero-order chi connectivity index (χ0) is 15.0. The number of carbonyl (C=O) groups excluding carboxylic acids is 1. The van der Waals surface area contributed by atoms with Crippen LogP contribution in [0.2, 0.25) is 0 Å². The highest BCUT2D eigenvalue weighted by molar-refractivity contribution is 9.10. The Bertz CT molecular complexity index is 457. The summed E-state index contributed by atoms with van der Waals surface area (Å²) in [5, 5.41) is 5.86. The fourth-order valence-corrected chi connectivity index (χ4v) is 1.79. The zero-order valence-corrected chi connectivity index (χ0v) is 13.4. The Morgan fingerprint density at radius 2 is 2.00 bits per heavy atom. The Hall–Kier alpha value is -1.56. The lowest BCUT2D eigenvalue weighted by molar-refractivity contribution is 0.0953. The second-order valence-corrected chi connectivity index (χ2v) is 5.60. The lowest BCUT2D eigenvalue weighted by atomic mass is 10.2. The summed E-state index contributed by atoms with van der Waals surface area (Å²) in [6, 6.07) is 7.52. The summed E-state index contributed by atoms with van der Waals surface area (Å²) in [5.41, 5.74) is 6.32. The molecule has 0 atom stereocenters. The number of aliphatic imine (C=N–C) groups is 1. The van der Waals surface area contributed by atoms with Crippen LogP contribution in [0.3, 0.4) is 0 Å². The van der Waals surface area contributed by atoms with Crippen molar-refractivity contribution in [3.8, 4) is 0 Å². The number of carbonyl (C=O) groups is 1. The van der Waals surface area contributed by atoms with E-state index in [1.165, 1.54) is 0 Å². The summed E-state index contributed by atoms with van der Waals surface area (Å²) >= 11 is 3.33. The minimum absolute atomic E-state index is 0.0743. The fraction of sp³-hybridized carbons (Fsp3) is 0.429. The van der Waals surface area contributed by atoms with E-state index < -0.39 is 0 Å². The highest BCUT2D eigenvalue weighted by Gasteiger charge is 2.03. The normalized spacial score (nSPS) is 11.5. The minimum atomic E-state index is -0.0743. The van der Waals surface area contributed by atoms with Gasteiger partial charge < -0.3 is 16.4 Å². The third-order valence-electron chi connectivity index (χ3n) is 2.45. The van der Waals surface area contributed by atoms with Gasteiger partial charge in [-0.15, -0.1) is 0 Å². The van der Waals surface area contributed by atoms with Crippen molar-refractivity contribution in [3.05, 3.63) is 34.3 Å². The van der Waals surface area contributed by atoms with Gasteiger partial charge in [0.25, 0.3) is 5.91 Å². The number of amides is 1. The molecule has 6 heteroatoms. The van der Waals surface area contributed by atoms with Gasteiger partial charge in [0.05, 0.1) is 0 Å². The highest BCUT2D eigenvalue weighted by atomic mass is 79.9. The molecule has 0 spiro atoms. The van der Waals surface area contributed by atoms with E-state index in [9.17, 15) is 4.79 Å². The molecule has 5 nitrogen and oxygen atoms in total. The molecule has 1 aromatic carbocycles. The standard InChI is InChI=1S/C14H21BrN4O/c1-10(2)19-14(16)18-9-3-8-17-13(20)11-4-6-12(15)7-5-11/h4-7,10H,3,8-9H2,1-2H3,(H,17,20)(H3,16,18,19). The number of nitrogens with two attached hydrogens (primary N) is 1. The van der Waals surface area contributed by atoms with E-state index in [1.54, 1.807) is 12.1 Å². The molecule has 0 heterocycles. The first kappa shape index (κ1) is 16.5. The number of guanidine groups is 1. The molecule has 0 bridgehead atoms. The first-order valence-electron chi connectivity index (χ1n) is 6.59. The van der Waals surface area contributed by atoms with Crippen molar-refractivity contribution in [2.45, 2.75) is 26.3 Å². The Labute approximate surface area is 128 Å². The van der Waals surface area contributed by atoms with Gasteiger partial charge in [0, 0.05) is 29.2 Å². The van der Waals surface area contributed by atoms with Gasteiger partial charge >= 0.3 is 0 Å². The molecule has 0 aliphatic heterocycles. The molecule has 4 N–H and O–H groups in total. The van der Waals surface area contributed by atoms with Crippen LogP contribution in [0.25, 0.3) is 0 Å². The third kappa shape index (κ3) is 6.56. The van der Waals surface area contributed by atoms with E-state index in [4.69, 9.17) is 5.73 Å². The Morgan fingerprint density at radius 1 is 1.35 bits per heavy atom. The Balaban J connectivity index is 2.24. The van der Waals surface area contributed by atoms with Crippen LogP contribution < -0.4 is 16.4 Å². The maximum Gasteiger partial charge on any atom is 0.251 e. The van der Waals surface area contributed by atoms with Crippen LogP contribution in [0.5, 0.6) is 0 Å². The summed E-state index contributed by atoms with van der Waals surface area (Å²) in [6.07, 6.45) is 0.753. The van der Waals surface area contributed by atoms with E-state index in [2.05, 4.69) is 31.6 Å². The van der Waals surface area contributed by atoms with Crippen LogP contribution in [0.15, 0.2) is 33.7 Å². The maximum absolute atomic E-state index is 11.8. The van der Waals surface area contributed by atoms with Crippen LogP contribution in [-0.2, 0) is 0 Å². The molecule has 0 aliphatic carbocycles. The van der Waals surface area contributed by atoms with Crippen molar-refractivity contribution in [2.24, 2.45) is 10.7 Å². The van der Waals surface area contributed by atoms with Crippen molar-refractivity contribution in [1.29, 1.82) is 0 Å². The average molecular weight is 341 g/mol. The summed E-state index contributed by atoms with van der Waals surface area (Å²) in [4.78, 5) is 16.0. The van der Waals surface area contributed by atoms with Crippen molar-refractivity contribution in [1.82, 2.24) is 10.6 Å². The predicted molar refractivity (Wildman–Crippen MR) is 85.9 cm³/mol. The summed E-state index contributed by atoms with van der Waals surface area (Å²) in [5.74, 6) is 0.369. The lowest BCUT2D eigenvalue weighted by Gasteiger charge is -2.08. The number of nitrogens with zero attached hydrogens (tertiary/aromatic N) is 1. The molecule has 0 saturated heterocycles. The molecule has 1 rings (SSSR count). The maximum atomic E-state index is 11.8. The smallest absolute Gasteiger partial charge is 0.251 e. The fourth-order valence-electron chi connectivity index (χ4n) is 1.53. The van der Waals surface area contributed by atoms with Gasteiger partial charge in [0.15, 0.2) is 5.96 Å². The van der Waals surface area contributed by atoms with Crippen LogP contribution in [-0.4, -0.2) is 31.0 Å². The molecule has 0 saturated carbocycles. The molecular weight excluding hydrogens is 320 g/mol. The molecule has 0 unspecified atom stereocenters. The van der Waals surface area contributed by atoms with Crippen LogP contribution in [0.1, 0.15) is 30.6 Å². The second-order valence-electron chi connectivity index (χ2n) is 4.68. The summed E-state index contributed by atoms with van der Waals surface area (Å²) < 4.78 is 0.955. The molecule has 0 aromatic heterocycles. The minimum Gasteiger partial charge on any atom is -0.370 e. The number of hydrogen-bond donors (Lipinski definition) is 3. The molecular formula is C14H21BrN4O. The Kier molecular flexibility index (Phi) is 7.08. The van der Waals surface area contributed by atoms with E-state index in [0.717, 1.165) is 10.9 Å². The highest BCUT2D eigenvalue weighted by Crippen LogP contribution is 2.10. The molecule has 0 radical (unpaired) electrons. The van der Waals surface area contributed by atoms with Crippen LogP contribution >= 0.6 is 15.9 Å². The topological polar surface area (TPSA) is 79.5 Å². The summed E-state index contributed by atoms with van der Waals surface area (Å²) in [6.45, 7) is 5.17. The van der Waals surface area contributed by atoms with E-state index >= 15 is 0 Å². The van der Waals surface area contributed by atoms with Gasteiger partial charge in [-0.2, -0.15) is 0 Å². The lowest BCUT2D eigenvalue weighted by Crippen LogP contribution is -2.37. The van der Waals surface area contributed by atoms with Crippen molar-refractivity contribution in [2.75, 3.05) is 13.1 Å². The van der Waals surface area contributed by atoms with E-state index in [1.807, 2.05) is 26.0 Å². The molecule has 1 aromatic rings. The van der Waals surface area contributed by atoms with Crippen molar-refractivity contribution < 1.29 is 4.79 Å². The molecule has 1 amide bonds. The van der Waals surface area contributed by atoms with Crippen molar-refractivity contribution >= 4 is 27.8 Å². The first-order valence-corrected chi connectivity index (χ1v) is 7.38. The number of hydrogen-bond acceptors (Lipinski definition) is 2. The quantitative estimate of drug-likeness (QED) is 0.420. The van der Waals surface area contributed by atoms with Crippen LogP contribution in [0, 0.1) is 0 Å². The third-order valence-corrected chi connectivity index (χ3v) is 2.97. The van der Waals surface area contributed by atoms with E-state index in [0.29, 0.717) is 24.6 Å². The average Bonchev–Trinajstić information content (AvgIpc) is 2.38. The zero-order valence-electron chi connectivity index (χ0n) is 11.8. The molecule has 20 heavy (non-hydrogen) atoms. The number of halogens is 1. The van der Waals surface area contributed by atoms with Gasteiger partial charge in [0.1, 0.15) is 0 Å². The van der Waals surface area contributed by atoms with Gasteiger partial charge in [-0.3, -0.25) is 9.79 Å². The van der Waals surface area contributed by atoms with Gasteiger partial charge in [-0.05, 0) is 44.5 Å². The monoisotopic (exact) mass is 340 g/mol. The molecule has 110 valence electrons. The number of nitrogens with one attached hydrogen (secondary N) is 2. The van der Waals surface area contributed by atoms with Gasteiger partial charge in [-0.25, -0.2) is 0 Å². The van der Waals surface area contributed by atoms with Gasteiger partial charge in [-0.1, -0.05) is 15.9 Å². The largest absolute Gasteiger partial charge is 0.370 e. The summed E-state index contributed by atoms with van der Waals surface area (Å²) in [7, 11) is 0. The second kappa shape index (κ2) is 8.58. The first-order chi connectivity index (χ1) is 9.49. The number of benzene rings is 1. The molecule has 0 aliphatic rings. The predicted octanol–water partition coefficient (Wildman–Crippen LogP) is 1.88. The van der Waals surface area contributed by atoms with E-state index in [-0.39, 0.29) is 11.9 Å². The molecule has 0 fully saturated rings. The van der Waals surface area contributed by atoms with Gasteiger partial charge in [0.2, 0.25) is 0 Å². The number of rotatable bonds is 6. The van der Waals surface area contributed by atoms with Crippen molar-refractivity contribution in [3.63, 3.8) is 0 Å². The SMILES string of the molecule is CC(C)NC(N)=NCCCNC(=O)c1ccc(Br)cc1. The van der Waals surface area contributed by atoms with Crippen LogP contribution in [0.4, 0.5) is 0 Å². The Morgan fingerprint density at radius 3 is 2.60 bits per heavy atom.